The lowest BCUT2D eigenvalue weighted by molar-refractivity contribution is -0.138. The lowest BCUT2D eigenvalue weighted by Crippen LogP contribution is -2.41. The number of allylic oxidation sites excluding steroid dienone is 1. The molecule has 3 rings (SSSR count). The second-order valence-corrected chi connectivity index (χ2v) is 8.85. The van der Waals surface area contributed by atoms with Crippen molar-refractivity contribution in [2.45, 2.75) is 25.7 Å². The molecule has 1 unspecified atom stereocenters. The minimum Gasteiger partial charge on any atom is -0.285 e. The fraction of sp³-hybridized carbons (Fsp3) is 0.316. The molecule has 34 heavy (non-hydrogen) atoms. The van der Waals surface area contributed by atoms with Gasteiger partial charge in [-0.3, -0.25) is 9.69 Å². The zero-order valence-electron chi connectivity index (χ0n) is 17.3. The van der Waals surface area contributed by atoms with Crippen LogP contribution >= 0.6 is 11.3 Å². The monoisotopic (exact) mass is 524 g/mol. The summed E-state index contributed by atoms with van der Waals surface area (Å²) in [5.74, 6) is -1.96. The Morgan fingerprint density at radius 3 is 2.15 bits per heavy atom. The van der Waals surface area contributed by atoms with Gasteiger partial charge < -0.3 is 0 Å². The summed E-state index contributed by atoms with van der Waals surface area (Å²) < 4.78 is 101. The number of halogens is 6. The van der Waals surface area contributed by atoms with E-state index in [0.29, 0.717) is 0 Å². The van der Waals surface area contributed by atoms with Gasteiger partial charge in [-0.05, 0) is 24.6 Å². The summed E-state index contributed by atoms with van der Waals surface area (Å²) in [6.45, 7) is 1.57. The summed E-state index contributed by atoms with van der Waals surface area (Å²) in [5, 5.41) is 4.70. The molecular formula is C19H14F6N4O3S2. The first-order valence-corrected chi connectivity index (χ1v) is 11.3. The van der Waals surface area contributed by atoms with Gasteiger partial charge in [0.15, 0.2) is 0 Å². The molecule has 0 bridgehead atoms. The van der Waals surface area contributed by atoms with Crippen LogP contribution in [-0.2, 0) is 27.4 Å². The summed E-state index contributed by atoms with van der Waals surface area (Å²) in [7, 11) is -1.69. The molecular weight excluding hydrogens is 510 g/mol. The Kier molecular flexibility index (Phi) is 6.98. The number of anilines is 1. The Balaban J connectivity index is 2.05. The third-order valence-corrected chi connectivity index (χ3v) is 6.60. The fourth-order valence-corrected chi connectivity index (χ4v) is 4.46. The summed E-state index contributed by atoms with van der Waals surface area (Å²) >= 11 is 0.110. The first-order valence-electron chi connectivity index (χ1n) is 9.36. The van der Waals surface area contributed by atoms with E-state index in [2.05, 4.69) is 15.2 Å². The first kappa shape index (κ1) is 25.6. The van der Waals surface area contributed by atoms with E-state index in [4.69, 9.17) is 0 Å². The van der Waals surface area contributed by atoms with E-state index in [1.165, 1.54) is 0 Å². The Bertz CT molecular complexity index is 1300. The van der Waals surface area contributed by atoms with E-state index in [9.17, 15) is 39.6 Å². The molecule has 2 heterocycles. The van der Waals surface area contributed by atoms with Gasteiger partial charge in [0.25, 0.3) is 5.91 Å². The van der Waals surface area contributed by atoms with Crippen LogP contribution in [0.3, 0.4) is 0 Å². The number of carbonyl (C=O) groups excluding carboxylic acids is 1. The van der Waals surface area contributed by atoms with Crippen molar-refractivity contribution in [1.29, 1.82) is 0 Å². The van der Waals surface area contributed by atoms with Crippen LogP contribution in [0.15, 0.2) is 35.3 Å². The summed E-state index contributed by atoms with van der Waals surface area (Å²) in [6, 6.07) is 3.70. The Labute approximate surface area is 194 Å². The number of hydrogen-bond donors (Lipinski definition) is 0. The predicted molar refractivity (Wildman–Crippen MR) is 113 cm³/mol. The summed E-state index contributed by atoms with van der Waals surface area (Å²) in [5.41, 5.74) is -1.24. The number of amides is 1. The SMILES string of the molecule is CCC1C(C(=O)N(C)c2nnc(C(F)(F)F)s2)=NC(c2ccc(C(F)(F)F)cc2)=CC1=S(=O)=O. The smallest absolute Gasteiger partial charge is 0.285 e. The van der Waals surface area contributed by atoms with Gasteiger partial charge in [0.1, 0.15) is 5.71 Å². The van der Waals surface area contributed by atoms with Crippen molar-refractivity contribution >= 4 is 48.9 Å². The van der Waals surface area contributed by atoms with Gasteiger partial charge in [0, 0.05) is 18.5 Å². The zero-order valence-corrected chi connectivity index (χ0v) is 18.9. The maximum atomic E-state index is 13.1. The third kappa shape index (κ3) is 5.19. The number of benzene rings is 1. The molecule has 182 valence electrons. The number of carbonyl (C=O) groups is 1. The molecule has 2 aromatic rings. The number of aromatic nitrogens is 2. The van der Waals surface area contributed by atoms with Crippen LogP contribution in [0.25, 0.3) is 5.70 Å². The summed E-state index contributed by atoms with van der Waals surface area (Å²) in [6.07, 6.45) is -8.12. The second-order valence-electron chi connectivity index (χ2n) is 6.95. The van der Waals surface area contributed by atoms with E-state index in [-0.39, 0.29) is 39.6 Å². The number of hydrogen-bond acceptors (Lipinski definition) is 7. The number of alkyl halides is 6. The lowest BCUT2D eigenvalue weighted by Gasteiger charge is -2.24. The third-order valence-electron chi connectivity index (χ3n) is 4.77. The van der Waals surface area contributed by atoms with Gasteiger partial charge in [0.05, 0.1) is 16.1 Å². The molecule has 15 heteroatoms. The number of aliphatic imine (C=N–C) groups is 1. The molecule has 1 atom stereocenters. The Morgan fingerprint density at radius 1 is 1.06 bits per heavy atom. The Hall–Kier alpha value is -3.07. The van der Waals surface area contributed by atoms with Crippen LogP contribution in [0.1, 0.15) is 29.5 Å². The molecule has 0 N–H and O–H groups in total. The molecule has 0 saturated carbocycles. The molecule has 7 nitrogen and oxygen atoms in total. The van der Waals surface area contributed by atoms with Crippen LogP contribution in [0, 0.1) is 5.92 Å². The molecule has 1 aliphatic rings. The van der Waals surface area contributed by atoms with Crippen molar-refractivity contribution in [2.24, 2.45) is 10.9 Å². The molecule has 1 aliphatic heterocycles. The van der Waals surface area contributed by atoms with Crippen molar-refractivity contribution in [3.8, 4) is 0 Å². The van der Waals surface area contributed by atoms with Gasteiger partial charge in [-0.1, -0.05) is 30.4 Å². The van der Waals surface area contributed by atoms with Crippen molar-refractivity contribution in [1.82, 2.24) is 10.2 Å². The first-order chi connectivity index (χ1) is 15.7. The highest BCUT2D eigenvalue weighted by Gasteiger charge is 2.38. The van der Waals surface area contributed by atoms with Crippen molar-refractivity contribution in [3.05, 3.63) is 46.5 Å². The highest BCUT2D eigenvalue weighted by molar-refractivity contribution is 7.73. The average molecular weight is 524 g/mol. The zero-order chi connectivity index (χ0) is 25.4. The maximum absolute atomic E-state index is 13.1. The highest BCUT2D eigenvalue weighted by Crippen LogP contribution is 2.35. The van der Waals surface area contributed by atoms with E-state index < -0.39 is 50.2 Å². The average Bonchev–Trinajstić information content (AvgIpc) is 3.27. The van der Waals surface area contributed by atoms with Gasteiger partial charge in [0.2, 0.25) is 20.4 Å². The standard InChI is InChI=1S/C19H14F6N4O3S2/c1-3-11-13(34(31)32)8-12(9-4-6-10(7-5-9)18(20,21)22)26-14(11)15(30)29(2)17-28-27-16(33-17)19(23,24)25/h4-8,11H,3H2,1-2H3. The maximum Gasteiger partial charge on any atom is 0.445 e. The number of nitrogens with zero attached hydrogens (tertiary/aromatic N) is 4. The molecule has 1 aromatic carbocycles. The predicted octanol–water partition coefficient (Wildman–Crippen LogP) is 4.11. The van der Waals surface area contributed by atoms with Crippen molar-refractivity contribution in [2.75, 3.05) is 11.9 Å². The molecule has 0 radical (unpaired) electrons. The van der Waals surface area contributed by atoms with Gasteiger partial charge in [-0.15, -0.1) is 10.2 Å². The van der Waals surface area contributed by atoms with Gasteiger partial charge in [-0.25, -0.2) is 4.99 Å². The van der Waals surface area contributed by atoms with E-state index in [1.54, 1.807) is 6.92 Å². The topological polar surface area (TPSA) is 92.6 Å². The van der Waals surface area contributed by atoms with Crippen LogP contribution in [0.5, 0.6) is 0 Å². The lowest BCUT2D eigenvalue weighted by atomic mass is 9.91. The second kappa shape index (κ2) is 9.29. The van der Waals surface area contributed by atoms with Crippen LogP contribution < -0.4 is 4.90 Å². The molecule has 1 amide bonds. The molecule has 0 saturated heterocycles. The minimum atomic E-state index is -4.77. The largest absolute Gasteiger partial charge is 0.445 e. The van der Waals surface area contributed by atoms with Crippen LogP contribution in [-0.4, -0.2) is 42.1 Å². The van der Waals surface area contributed by atoms with Crippen molar-refractivity contribution < 1.29 is 39.6 Å². The Morgan fingerprint density at radius 2 is 1.68 bits per heavy atom. The van der Waals surface area contributed by atoms with Crippen LogP contribution in [0.2, 0.25) is 0 Å². The van der Waals surface area contributed by atoms with E-state index in [0.717, 1.165) is 42.3 Å². The molecule has 0 spiro atoms. The van der Waals surface area contributed by atoms with E-state index in [1.807, 2.05) is 0 Å². The van der Waals surface area contributed by atoms with Crippen molar-refractivity contribution in [3.63, 3.8) is 0 Å². The van der Waals surface area contributed by atoms with Gasteiger partial charge >= 0.3 is 12.4 Å². The highest BCUT2D eigenvalue weighted by atomic mass is 32.2. The number of rotatable bonds is 4. The fourth-order valence-electron chi connectivity index (χ4n) is 3.07. The van der Waals surface area contributed by atoms with Gasteiger partial charge in [-0.2, -0.15) is 34.8 Å². The molecule has 0 fully saturated rings. The minimum absolute atomic E-state index is 0.0948. The van der Waals surface area contributed by atoms with Crippen LogP contribution in [0.4, 0.5) is 31.5 Å². The van der Waals surface area contributed by atoms with E-state index >= 15 is 0 Å². The molecule has 0 aliphatic carbocycles. The normalized spacial score (nSPS) is 16.7. The summed E-state index contributed by atoms with van der Waals surface area (Å²) in [4.78, 5) is 17.8. The molecule has 1 aromatic heterocycles. The quantitative estimate of drug-likeness (QED) is 0.444.